The first-order chi connectivity index (χ1) is 16.1. The van der Waals surface area contributed by atoms with Gasteiger partial charge in [0.1, 0.15) is 37.1 Å². The molecule has 2 aliphatic rings. The highest BCUT2D eigenvalue weighted by molar-refractivity contribution is 7.86. The van der Waals surface area contributed by atoms with E-state index in [4.69, 9.17) is 12.5 Å². The first kappa shape index (κ1) is 26.1. The second kappa shape index (κ2) is 8.83. The molecular weight excluding hydrogens is 534 g/mol. The van der Waals surface area contributed by atoms with E-state index in [0.717, 1.165) is 0 Å². The van der Waals surface area contributed by atoms with Gasteiger partial charge in [0.15, 0.2) is 5.52 Å². The average molecular weight is 559 g/mol. The molecule has 0 amide bonds. The Bertz CT molecular complexity index is 1410. The number of aliphatic hydroxyl groups excluding tert-OH is 2. The molecule has 2 unspecified atom stereocenters. The molecule has 0 saturated heterocycles. The van der Waals surface area contributed by atoms with Crippen LogP contribution < -0.4 is 9.88 Å². The van der Waals surface area contributed by atoms with Gasteiger partial charge in [-0.2, -0.15) is 25.3 Å². The van der Waals surface area contributed by atoms with Crippen LogP contribution in [0.3, 0.4) is 0 Å². The van der Waals surface area contributed by atoms with E-state index in [9.17, 15) is 35.5 Å². The number of nitrogens with zero attached hydrogens (tertiary/aromatic N) is 4. The van der Waals surface area contributed by atoms with Gasteiger partial charge in [-0.1, -0.05) is 4.98 Å². The summed E-state index contributed by atoms with van der Waals surface area (Å²) in [5.41, 5.74) is 0.521. The van der Waals surface area contributed by atoms with Crippen LogP contribution in [0.25, 0.3) is 11.2 Å². The highest BCUT2D eigenvalue weighted by Crippen LogP contribution is 2.38. The summed E-state index contributed by atoms with van der Waals surface area (Å²) in [6.45, 7) is 1.24. The van der Waals surface area contributed by atoms with Crippen molar-refractivity contribution in [2.45, 2.75) is 43.1 Å². The molecule has 196 valence electrons. The van der Waals surface area contributed by atoms with E-state index in [-0.39, 0.29) is 5.65 Å². The second-order valence-electron chi connectivity index (χ2n) is 8.30. The van der Waals surface area contributed by atoms with Crippen LogP contribution in [-0.4, -0.2) is 106 Å². The van der Waals surface area contributed by atoms with E-state index in [1.54, 1.807) is 4.57 Å². The lowest BCUT2D eigenvalue weighted by molar-refractivity contribution is -0.672. The Morgan fingerprint density at radius 3 is 1.94 bits per heavy atom. The molecule has 0 spiro atoms. The third-order valence-electron chi connectivity index (χ3n) is 5.44. The smallest absolute Gasteiger partial charge is 0.264 e. The van der Waals surface area contributed by atoms with E-state index in [1.807, 2.05) is 0 Å². The van der Waals surface area contributed by atoms with Crippen LogP contribution in [0.1, 0.15) is 6.04 Å². The van der Waals surface area contributed by atoms with E-state index in [2.05, 4.69) is 15.3 Å². The molecule has 35 heavy (non-hydrogen) atoms. The zero-order valence-electron chi connectivity index (χ0n) is 18.6. The van der Waals surface area contributed by atoms with Crippen molar-refractivity contribution in [3.05, 3.63) is 12.7 Å². The van der Waals surface area contributed by atoms with Gasteiger partial charge in [0, 0.05) is 0 Å². The third kappa shape index (κ3) is 5.40. The topological polar surface area (TPSA) is 217 Å². The number of nitrogens with one attached hydrogen (secondary N) is 1. The number of anilines is 1. The maximum Gasteiger partial charge on any atom is 0.264 e. The first-order valence-electron chi connectivity index (χ1n) is 10.1. The molecule has 19 heteroatoms. The molecule has 1 fully saturated rings. The number of rotatable bonds is 7. The van der Waals surface area contributed by atoms with Gasteiger partial charge in [-0.25, -0.2) is 9.55 Å². The lowest BCUT2D eigenvalue weighted by atomic mass is 9.83. The van der Waals surface area contributed by atoms with Gasteiger partial charge in [0.05, 0.1) is 37.7 Å². The zero-order chi connectivity index (χ0) is 25.9. The minimum atomic E-state index is -4.37. The van der Waals surface area contributed by atoms with Crippen LogP contribution >= 0.6 is 0 Å². The van der Waals surface area contributed by atoms with Crippen molar-refractivity contribution in [3.63, 3.8) is 0 Å². The summed E-state index contributed by atoms with van der Waals surface area (Å²) in [5.74, 6) is 0.611. The summed E-state index contributed by atoms with van der Waals surface area (Å²) in [4.78, 5) is 8.55. The van der Waals surface area contributed by atoms with E-state index in [0.29, 0.717) is 43.2 Å². The lowest BCUT2D eigenvalue weighted by Gasteiger charge is -2.45. The summed E-state index contributed by atoms with van der Waals surface area (Å²) >= 11 is 0. The van der Waals surface area contributed by atoms with Crippen LogP contribution in [0.5, 0.6) is 0 Å². The molecule has 0 bridgehead atoms. The minimum Gasteiger partial charge on any atom is -0.388 e. The van der Waals surface area contributed by atoms with Gasteiger partial charge < -0.3 is 15.5 Å². The molecule has 0 aromatic carbocycles. The highest BCUT2D eigenvalue weighted by Gasteiger charge is 2.56. The molecule has 3 heterocycles. The molecular formula is C16H24N5O11S3+. The standard InChI is InChI=1S/C16H23N5O11S3/c1-33(24,25)30-12-10(22)9(11(23)13(31-34(2,26)27)14(12)32-35(3,28)29)21-7-18-8-15-17-4-5-20(15)6-19-16(8)21/h6-7,9-14,22-23H,4-5H2,1-3H3/p+1/t9?,10-,11+,12-,13+,14?. The van der Waals surface area contributed by atoms with Gasteiger partial charge in [-0.05, 0) is 0 Å². The van der Waals surface area contributed by atoms with Crippen molar-refractivity contribution in [1.82, 2.24) is 14.5 Å². The Balaban J connectivity index is 1.87. The monoisotopic (exact) mass is 558 g/mol. The van der Waals surface area contributed by atoms with Crippen LogP contribution in [0.4, 0.5) is 5.82 Å². The Morgan fingerprint density at radius 2 is 1.43 bits per heavy atom. The zero-order valence-corrected chi connectivity index (χ0v) is 21.1. The van der Waals surface area contributed by atoms with Crippen molar-refractivity contribution in [1.29, 1.82) is 0 Å². The third-order valence-corrected chi connectivity index (χ3v) is 7.16. The van der Waals surface area contributed by atoms with Crippen molar-refractivity contribution < 1.29 is 52.6 Å². The summed E-state index contributed by atoms with van der Waals surface area (Å²) in [6, 6.07) is -1.53. The van der Waals surface area contributed by atoms with Crippen LogP contribution in [-0.2, 0) is 49.4 Å². The Kier molecular flexibility index (Phi) is 6.58. The predicted molar refractivity (Wildman–Crippen MR) is 116 cm³/mol. The molecule has 1 aliphatic heterocycles. The number of aliphatic hydroxyl groups is 2. The Morgan fingerprint density at radius 1 is 0.914 bits per heavy atom. The quantitative estimate of drug-likeness (QED) is 0.221. The largest absolute Gasteiger partial charge is 0.388 e. The number of imidazole rings is 1. The molecule has 0 radical (unpaired) electrons. The van der Waals surface area contributed by atoms with Crippen LogP contribution in [0, 0.1) is 0 Å². The van der Waals surface area contributed by atoms with Gasteiger partial charge in [0.25, 0.3) is 36.2 Å². The molecule has 3 N–H and O–H groups in total. The van der Waals surface area contributed by atoms with Gasteiger partial charge in [0.2, 0.25) is 12.0 Å². The normalized spacial score (nSPS) is 29.7. The summed E-state index contributed by atoms with van der Waals surface area (Å²) in [5, 5.41) is 25.4. The maximum atomic E-state index is 12.0. The van der Waals surface area contributed by atoms with Gasteiger partial charge in [-0.15, -0.1) is 0 Å². The van der Waals surface area contributed by atoms with E-state index in [1.165, 1.54) is 17.2 Å². The molecule has 16 nitrogen and oxygen atoms in total. The number of hydrogen-bond donors (Lipinski definition) is 3. The van der Waals surface area contributed by atoms with Crippen molar-refractivity contribution >= 4 is 47.3 Å². The average Bonchev–Trinajstić information content (AvgIpc) is 3.32. The fourth-order valence-electron chi connectivity index (χ4n) is 4.27. The molecule has 4 rings (SSSR count). The summed E-state index contributed by atoms with van der Waals surface area (Å²) in [6.07, 6.45) is -5.35. The molecule has 2 aromatic rings. The fourth-order valence-corrected chi connectivity index (χ4v) is 6.15. The maximum absolute atomic E-state index is 12.0. The van der Waals surface area contributed by atoms with Crippen molar-refractivity contribution in [2.24, 2.45) is 0 Å². The number of hydrogen-bond acceptors (Lipinski definition) is 14. The van der Waals surface area contributed by atoms with Gasteiger partial charge in [-0.3, -0.25) is 17.1 Å². The van der Waals surface area contributed by atoms with Crippen molar-refractivity contribution in [3.8, 4) is 0 Å². The first-order valence-corrected chi connectivity index (χ1v) is 15.5. The lowest BCUT2D eigenvalue weighted by Crippen LogP contribution is -2.64. The van der Waals surface area contributed by atoms with Crippen molar-refractivity contribution in [2.75, 3.05) is 30.6 Å². The Labute approximate surface area is 200 Å². The molecule has 1 saturated carbocycles. The van der Waals surface area contributed by atoms with Crippen LogP contribution in [0.2, 0.25) is 0 Å². The Hall–Kier alpha value is -2.00. The second-order valence-corrected chi connectivity index (χ2v) is 13.1. The molecule has 6 atom stereocenters. The highest BCUT2D eigenvalue weighted by atomic mass is 32.2. The summed E-state index contributed by atoms with van der Waals surface area (Å²) in [7, 11) is -13.1. The van der Waals surface area contributed by atoms with E-state index >= 15 is 0 Å². The number of fused-ring (bicyclic) bond motifs is 3. The fraction of sp³-hybridized carbons (Fsp3) is 0.688. The van der Waals surface area contributed by atoms with Gasteiger partial charge >= 0.3 is 0 Å². The number of aromatic nitrogens is 4. The SMILES string of the molecule is CS(=O)(=O)OC1[C@@H](OS(C)(=O)=O)[C@@H](O)C(n2cnc3c4[n+](cnc32)CCN4)[C@@H](O)[C@H]1OS(C)(=O)=O. The molecule has 2 aromatic heterocycles. The van der Waals surface area contributed by atoms with Crippen LogP contribution in [0.15, 0.2) is 12.7 Å². The molecule has 1 aliphatic carbocycles. The minimum absolute atomic E-state index is 0.160. The van der Waals surface area contributed by atoms with E-state index < -0.39 is 66.9 Å². The predicted octanol–water partition coefficient (Wildman–Crippen LogP) is -3.54. The summed E-state index contributed by atoms with van der Waals surface area (Å²) < 4.78 is 89.4.